The van der Waals surface area contributed by atoms with Crippen LogP contribution in [0.15, 0.2) is 90.3 Å². The van der Waals surface area contributed by atoms with Crippen LogP contribution in [0.25, 0.3) is 10.8 Å². The average Bonchev–Trinajstić information content (AvgIpc) is 2.98. The number of methoxy groups -OCH3 is 1. The van der Waals surface area contributed by atoms with Crippen LogP contribution >= 0.6 is 0 Å². The number of fused-ring (bicyclic) bond motifs is 2. The standard InChI is InChI=1S/C33H30N2O5/c1-3-4-7-17-38-28-16-13-22(18-30(28)37-2)31-26-15-14-23(19-29(26)40-32(35)27(31)20-34)39-33(36)25-12-8-10-21-9-5-6-11-24(21)25/h5-6,8-16,18-19,31H,3-4,7,17,35H2,1-2H3. The average molecular weight is 535 g/mol. The van der Waals surface area contributed by atoms with Gasteiger partial charge in [0.25, 0.3) is 0 Å². The number of allylic oxidation sites excluding steroid dienone is 1. The number of hydrogen-bond acceptors (Lipinski definition) is 7. The summed E-state index contributed by atoms with van der Waals surface area (Å²) in [5, 5.41) is 11.7. The zero-order valence-corrected chi connectivity index (χ0v) is 22.5. The molecule has 7 nitrogen and oxygen atoms in total. The first-order chi connectivity index (χ1) is 19.5. The maximum absolute atomic E-state index is 13.1. The molecule has 1 unspecified atom stereocenters. The molecule has 2 N–H and O–H groups in total. The summed E-state index contributed by atoms with van der Waals surface area (Å²) in [6.45, 7) is 2.74. The van der Waals surface area contributed by atoms with E-state index in [9.17, 15) is 10.1 Å². The predicted octanol–water partition coefficient (Wildman–Crippen LogP) is 6.85. The van der Waals surface area contributed by atoms with Gasteiger partial charge in [-0.15, -0.1) is 0 Å². The Labute approximate surface area is 233 Å². The van der Waals surface area contributed by atoms with Gasteiger partial charge in [0, 0.05) is 11.6 Å². The van der Waals surface area contributed by atoms with Gasteiger partial charge in [-0.25, -0.2) is 4.79 Å². The lowest BCUT2D eigenvalue weighted by molar-refractivity contribution is 0.0736. The van der Waals surface area contributed by atoms with Crippen LogP contribution in [0.5, 0.6) is 23.0 Å². The first-order valence-electron chi connectivity index (χ1n) is 13.3. The molecule has 4 aromatic carbocycles. The summed E-state index contributed by atoms with van der Waals surface area (Å²) in [5.41, 5.74) is 8.46. The molecule has 0 radical (unpaired) electrons. The van der Waals surface area contributed by atoms with Gasteiger partial charge >= 0.3 is 5.97 Å². The number of nitriles is 1. The molecule has 0 amide bonds. The van der Waals surface area contributed by atoms with Crippen molar-refractivity contribution in [1.82, 2.24) is 0 Å². The first kappa shape index (κ1) is 26.6. The molecule has 1 heterocycles. The molecule has 7 heteroatoms. The van der Waals surface area contributed by atoms with E-state index in [0.717, 1.165) is 41.2 Å². The number of benzene rings is 4. The van der Waals surface area contributed by atoms with Crippen molar-refractivity contribution in [3.05, 3.63) is 107 Å². The number of esters is 1. The smallest absolute Gasteiger partial charge is 0.344 e. The molecule has 1 aliphatic rings. The molecule has 40 heavy (non-hydrogen) atoms. The van der Waals surface area contributed by atoms with Gasteiger partial charge in [-0.05, 0) is 47.0 Å². The van der Waals surface area contributed by atoms with E-state index in [0.29, 0.717) is 35.2 Å². The minimum absolute atomic E-state index is 0.00334. The molecule has 1 atom stereocenters. The van der Waals surface area contributed by atoms with Gasteiger partial charge in [-0.3, -0.25) is 0 Å². The van der Waals surface area contributed by atoms with E-state index >= 15 is 0 Å². The second kappa shape index (κ2) is 11.8. The van der Waals surface area contributed by atoms with Crippen molar-refractivity contribution in [1.29, 1.82) is 5.26 Å². The molecule has 0 aromatic heterocycles. The quantitative estimate of drug-likeness (QED) is 0.142. The summed E-state index contributed by atoms with van der Waals surface area (Å²) in [4.78, 5) is 13.1. The van der Waals surface area contributed by atoms with Crippen LogP contribution in [0, 0.1) is 11.3 Å². The third kappa shape index (κ3) is 5.29. The number of rotatable bonds is 9. The molecule has 0 aliphatic carbocycles. The van der Waals surface area contributed by atoms with E-state index < -0.39 is 11.9 Å². The summed E-state index contributed by atoms with van der Waals surface area (Å²) >= 11 is 0. The third-order valence-electron chi connectivity index (χ3n) is 6.94. The summed E-state index contributed by atoms with van der Waals surface area (Å²) in [7, 11) is 1.59. The number of hydrogen-bond donors (Lipinski definition) is 1. The fourth-order valence-corrected chi connectivity index (χ4v) is 4.92. The zero-order valence-electron chi connectivity index (χ0n) is 22.5. The largest absolute Gasteiger partial charge is 0.493 e. The Kier molecular flexibility index (Phi) is 7.88. The monoisotopic (exact) mass is 534 g/mol. The van der Waals surface area contributed by atoms with E-state index in [1.165, 1.54) is 0 Å². The van der Waals surface area contributed by atoms with E-state index in [1.54, 1.807) is 31.4 Å². The molecule has 202 valence electrons. The maximum atomic E-state index is 13.1. The topological polar surface area (TPSA) is 104 Å². The van der Waals surface area contributed by atoms with Crippen LogP contribution in [0.1, 0.15) is 53.6 Å². The number of ether oxygens (including phenoxy) is 4. The Bertz CT molecular complexity index is 1630. The van der Waals surface area contributed by atoms with Crippen molar-refractivity contribution in [2.75, 3.05) is 13.7 Å². The van der Waals surface area contributed by atoms with Crippen molar-refractivity contribution in [2.24, 2.45) is 5.73 Å². The molecular formula is C33H30N2O5. The summed E-state index contributed by atoms with van der Waals surface area (Å²) in [5.74, 6) is 0.931. The highest BCUT2D eigenvalue weighted by atomic mass is 16.5. The Hall–Kier alpha value is -4.96. The Balaban J connectivity index is 1.45. The van der Waals surface area contributed by atoms with Crippen molar-refractivity contribution in [3.8, 4) is 29.1 Å². The van der Waals surface area contributed by atoms with E-state index in [-0.39, 0.29) is 11.5 Å². The first-order valence-corrected chi connectivity index (χ1v) is 13.3. The highest BCUT2D eigenvalue weighted by Crippen LogP contribution is 2.45. The Morgan fingerprint density at radius 2 is 1.82 bits per heavy atom. The van der Waals surface area contributed by atoms with Gasteiger partial charge < -0.3 is 24.7 Å². The fraction of sp³-hybridized carbons (Fsp3) is 0.212. The van der Waals surface area contributed by atoms with Crippen molar-refractivity contribution >= 4 is 16.7 Å². The van der Waals surface area contributed by atoms with E-state index in [1.807, 2.05) is 54.6 Å². The lowest BCUT2D eigenvalue weighted by Gasteiger charge is -2.27. The number of carbonyl (C=O) groups is 1. The number of carbonyl (C=O) groups excluding carboxylic acids is 1. The number of nitrogens with zero attached hydrogens (tertiary/aromatic N) is 1. The second-order valence-electron chi connectivity index (χ2n) is 9.51. The van der Waals surface area contributed by atoms with Crippen LogP contribution in [0.4, 0.5) is 0 Å². The molecule has 0 saturated heterocycles. The van der Waals surface area contributed by atoms with Crippen molar-refractivity contribution in [3.63, 3.8) is 0 Å². The minimum Gasteiger partial charge on any atom is -0.493 e. The van der Waals surface area contributed by atoms with Crippen LogP contribution in [0.2, 0.25) is 0 Å². The molecular weight excluding hydrogens is 504 g/mol. The van der Waals surface area contributed by atoms with Gasteiger partial charge in [0.1, 0.15) is 23.1 Å². The van der Waals surface area contributed by atoms with Gasteiger partial charge in [0.05, 0.1) is 25.2 Å². The Morgan fingerprint density at radius 1 is 1.00 bits per heavy atom. The molecule has 0 bridgehead atoms. The molecule has 5 rings (SSSR count). The summed E-state index contributed by atoms with van der Waals surface area (Å²) in [6, 6.07) is 26.0. The lowest BCUT2D eigenvalue weighted by atomic mass is 9.83. The Morgan fingerprint density at radius 3 is 2.62 bits per heavy atom. The molecule has 1 aliphatic heterocycles. The summed E-state index contributed by atoms with van der Waals surface area (Å²) < 4.78 is 23.1. The van der Waals surface area contributed by atoms with Crippen molar-refractivity contribution < 1.29 is 23.7 Å². The maximum Gasteiger partial charge on any atom is 0.344 e. The van der Waals surface area contributed by atoms with Crippen LogP contribution in [-0.4, -0.2) is 19.7 Å². The third-order valence-corrected chi connectivity index (χ3v) is 6.94. The lowest BCUT2D eigenvalue weighted by Crippen LogP contribution is -2.21. The van der Waals surface area contributed by atoms with Crippen molar-refractivity contribution in [2.45, 2.75) is 32.1 Å². The fourth-order valence-electron chi connectivity index (χ4n) is 4.92. The zero-order chi connectivity index (χ0) is 28.1. The minimum atomic E-state index is -0.500. The predicted molar refractivity (Wildman–Crippen MR) is 153 cm³/mol. The van der Waals surface area contributed by atoms with Gasteiger partial charge in [-0.1, -0.05) is 68.3 Å². The summed E-state index contributed by atoms with van der Waals surface area (Å²) in [6.07, 6.45) is 3.16. The molecule has 0 saturated carbocycles. The highest BCUT2D eigenvalue weighted by molar-refractivity contribution is 6.05. The molecule has 0 fully saturated rings. The van der Waals surface area contributed by atoms with Gasteiger partial charge in [0.15, 0.2) is 11.5 Å². The van der Waals surface area contributed by atoms with Gasteiger partial charge in [-0.2, -0.15) is 5.26 Å². The molecule has 0 spiro atoms. The van der Waals surface area contributed by atoms with E-state index in [2.05, 4.69) is 13.0 Å². The number of unbranched alkanes of at least 4 members (excludes halogenated alkanes) is 2. The second-order valence-corrected chi connectivity index (χ2v) is 9.51. The van der Waals surface area contributed by atoms with E-state index in [4.69, 9.17) is 24.7 Å². The van der Waals surface area contributed by atoms with Crippen LogP contribution in [0.3, 0.4) is 0 Å². The van der Waals surface area contributed by atoms with Crippen LogP contribution < -0.4 is 24.7 Å². The normalized spacial score (nSPS) is 14.2. The highest BCUT2D eigenvalue weighted by Gasteiger charge is 2.32. The number of nitrogens with two attached hydrogens (primary N) is 1. The molecule has 4 aromatic rings. The van der Waals surface area contributed by atoms with Crippen LogP contribution in [-0.2, 0) is 0 Å². The SMILES string of the molecule is CCCCCOc1ccc(C2C(C#N)=C(N)Oc3cc(OC(=O)c4cccc5ccccc45)ccc32)cc1OC. The van der Waals surface area contributed by atoms with Gasteiger partial charge in [0.2, 0.25) is 5.88 Å².